The van der Waals surface area contributed by atoms with E-state index in [0.717, 1.165) is 16.3 Å². The van der Waals surface area contributed by atoms with Crippen LogP contribution in [0.3, 0.4) is 0 Å². The van der Waals surface area contributed by atoms with Crippen molar-refractivity contribution >= 4 is 22.4 Å². The largest absolute Gasteiger partial charge is 0.505 e. The second-order valence-corrected chi connectivity index (χ2v) is 6.43. The number of anilines is 1. The van der Waals surface area contributed by atoms with Crippen LogP contribution < -0.4 is 10.9 Å². The van der Waals surface area contributed by atoms with E-state index in [1.54, 1.807) is 24.3 Å². The molecule has 0 aliphatic rings. The zero-order valence-electron chi connectivity index (χ0n) is 14.9. The molecular weight excluding hydrogens is 354 g/mol. The first-order chi connectivity index (χ1) is 13.6. The van der Waals surface area contributed by atoms with E-state index in [-0.39, 0.29) is 23.6 Å². The van der Waals surface area contributed by atoms with E-state index in [2.05, 4.69) is 5.32 Å². The first-order valence-corrected chi connectivity index (χ1v) is 8.80. The molecule has 5 nitrogen and oxygen atoms in total. The van der Waals surface area contributed by atoms with E-state index < -0.39 is 11.5 Å². The van der Waals surface area contributed by atoms with Gasteiger partial charge in [0.2, 0.25) is 5.91 Å². The molecule has 4 aromatic rings. The molecule has 0 spiro atoms. The lowest BCUT2D eigenvalue weighted by Crippen LogP contribution is -2.19. The number of benzene rings is 3. The molecule has 28 heavy (non-hydrogen) atoms. The molecule has 1 aromatic heterocycles. The molecule has 0 unspecified atom stereocenters. The fourth-order valence-corrected chi connectivity index (χ4v) is 3.06. The second-order valence-electron chi connectivity index (χ2n) is 6.43. The maximum atomic E-state index is 12.4. The number of aromatic hydroxyl groups is 1. The molecule has 4 rings (SSSR count). The second kappa shape index (κ2) is 7.40. The van der Waals surface area contributed by atoms with Crippen LogP contribution >= 0.6 is 0 Å². The zero-order chi connectivity index (χ0) is 19.5. The molecule has 1 heterocycles. The number of amides is 1. The maximum absolute atomic E-state index is 12.4. The minimum Gasteiger partial charge on any atom is -0.505 e. The highest BCUT2D eigenvalue weighted by atomic mass is 16.4. The van der Waals surface area contributed by atoms with Gasteiger partial charge in [0, 0.05) is 11.6 Å². The number of carbonyl (C=O) groups excluding carboxylic acids is 1. The van der Waals surface area contributed by atoms with Crippen molar-refractivity contribution in [3.63, 3.8) is 0 Å². The molecule has 3 aromatic carbocycles. The van der Waals surface area contributed by atoms with Gasteiger partial charge in [-0.3, -0.25) is 4.79 Å². The van der Waals surface area contributed by atoms with E-state index in [0.29, 0.717) is 5.56 Å². The molecule has 0 saturated carbocycles. The Labute approximate surface area is 160 Å². The van der Waals surface area contributed by atoms with Gasteiger partial charge < -0.3 is 14.8 Å². The van der Waals surface area contributed by atoms with Crippen molar-refractivity contribution in [1.29, 1.82) is 0 Å². The molecule has 5 heteroatoms. The third-order valence-electron chi connectivity index (χ3n) is 4.43. The van der Waals surface area contributed by atoms with E-state index in [4.69, 9.17) is 4.42 Å². The molecule has 0 aliphatic carbocycles. The Bertz CT molecular complexity index is 1210. The first-order valence-electron chi connectivity index (χ1n) is 8.80. The standard InChI is InChI=1S/C23H17NO4/c25-19-14-20(17-7-2-1-3-8-17)28-23(27)22(19)24-21(26)13-15-10-11-16-6-4-5-9-18(16)12-15/h1-12,14,25H,13H2,(H,24,26). The predicted molar refractivity (Wildman–Crippen MR) is 108 cm³/mol. The van der Waals surface area contributed by atoms with E-state index in [1.807, 2.05) is 48.5 Å². The van der Waals surface area contributed by atoms with Gasteiger partial charge in [-0.2, -0.15) is 0 Å². The van der Waals surface area contributed by atoms with Crippen LogP contribution in [0.5, 0.6) is 5.75 Å². The Hall–Kier alpha value is -3.86. The number of carbonyl (C=O) groups is 1. The van der Waals surface area contributed by atoms with Crippen molar-refractivity contribution in [1.82, 2.24) is 0 Å². The van der Waals surface area contributed by atoms with Crippen LogP contribution in [0.25, 0.3) is 22.1 Å². The van der Waals surface area contributed by atoms with Gasteiger partial charge in [0.05, 0.1) is 6.42 Å². The lowest BCUT2D eigenvalue weighted by Gasteiger charge is -2.08. The van der Waals surface area contributed by atoms with Gasteiger partial charge in [0.25, 0.3) is 0 Å². The van der Waals surface area contributed by atoms with Gasteiger partial charge in [-0.05, 0) is 16.3 Å². The number of hydrogen-bond donors (Lipinski definition) is 2. The lowest BCUT2D eigenvalue weighted by molar-refractivity contribution is -0.115. The summed E-state index contributed by atoms with van der Waals surface area (Å²) in [6.07, 6.45) is 0.0736. The first kappa shape index (κ1) is 17.5. The molecule has 0 aliphatic heterocycles. The number of rotatable bonds is 4. The van der Waals surface area contributed by atoms with Gasteiger partial charge in [0.1, 0.15) is 11.5 Å². The summed E-state index contributed by atoms with van der Waals surface area (Å²) < 4.78 is 5.25. The number of nitrogens with one attached hydrogen (secondary N) is 1. The Morgan fingerprint density at radius 3 is 2.36 bits per heavy atom. The van der Waals surface area contributed by atoms with Crippen molar-refractivity contribution in [2.24, 2.45) is 0 Å². The Morgan fingerprint density at radius 1 is 0.893 bits per heavy atom. The average molecular weight is 371 g/mol. The fourth-order valence-electron chi connectivity index (χ4n) is 3.06. The summed E-state index contributed by atoms with van der Waals surface area (Å²) in [7, 11) is 0. The summed E-state index contributed by atoms with van der Waals surface area (Å²) in [6, 6.07) is 23.9. The topological polar surface area (TPSA) is 79.5 Å². The molecule has 1 amide bonds. The van der Waals surface area contributed by atoms with Gasteiger partial charge in [-0.15, -0.1) is 0 Å². The molecule has 0 saturated heterocycles. The Balaban J connectivity index is 1.54. The molecule has 2 N–H and O–H groups in total. The average Bonchev–Trinajstić information content (AvgIpc) is 2.71. The fraction of sp³-hybridized carbons (Fsp3) is 0.0435. The summed E-state index contributed by atoms with van der Waals surface area (Å²) >= 11 is 0. The number of hydrogen-bond acceptors (Lipinski definition) is 4. The molecular formula is C23H17NO4. The third kappa shape index (κ3) is 3.64. The van der Waals surface area contributed by atoms with Gasteiger partial charge in [-0.1, -0.05) is 72.8 Å². The van der Waals surface area contributed by atoms with E-state index in [9.17, 15) is 14.7 Å². The van der Waals surface area contributed by atoms with E-state index >= 15 is 0 Å². The summed E-state index contributed by atoms with van der Waals surface area (Å²) in [5.41, 5.74) is 0.404. The normalized spacial score (nSPS) is 10.7. The van der Waals surface area contributed by atoms with E-state index in [1.165, 1.54) is 6.07 Å². The smallest absolute Gasteiger partial charge is 0.364 e. The van der Waals surface area contributed by atoms with Gasteiger partial charge in [0.15, 0.2) is 5.69 Å². The predicted octanol–water partition coefficient (Wildman–Crippen LogP) is 4.35. The minimum absolute atomic E-state index is 0.0736. The van der Waals surface area contributed by atoms with Crippen LogP contribution in [-0.2, 0) is 11.2 Å². The van der Waals surface area contributed by atoms with Crippen LogP contribution in [0.2, 0.25) is 0 Å². The van der Waals surface area contributed by atoms with Crippen LogP contribution in [-0.4, -0.2) is 11.0 Å². The Kier molecular flexibility index (Phi) is 4.64. The van der Waals surface area contributed by atoms with Gasteiger partial charge >= 0.3 is 5.63 Å². The molecule has 0 atom stereocenters. The Morgan fingerprint density at radius 2 is 1.61 bits per heavy atom. The molecule has 0 fully saturated rings. The molecule has 0 bridgehead atoms. The summed E-state index contributed by atoms with van der Waals surface area (Å²) in [6.45, 7) is 0. The summed E-state index contributed by atoms with van der Waals surface area (Å²) in [5, 5.41) is 14.8. The van der Waals surface area contributed by atoms with Gasteiger partial charge in [-0.25, -0.2) is 4.79 Å². The van der Waals surface area contributed by atoms with Crippen LogP contribution in [0.1, 0.15) is 5.56 Å². The van der Waals surface area contributed by atoms with Crippen molar-refractivity contribution in [3.8, 4) is 17.1 Å². The van der Waals surface area contributed by atoms with Crippen molar-refractivity contribution < 1.29 is 14.3 Å². The monoisotopic (exact) mass is 371 g/mol. The van der Waals surface area contributed by atoms with Crippen LogP contribution in [0.4, 0.5) is 5.69 Å². The molecule has 138 valence electrons. The highest BCUT2D eigenvalue weighted by molar-refractivity contribution is 5.94. The minimum atomic E-state index is -0.800. The summed E-state index contributed by atoms with van der Waals surface area (Å²) in [5.74, 6) is -0.511. The molecule has 0 radical (unpaired) electrons. The SMILES string of the molecule is O=C(Cc1ccc2ccccc2c1)Nc1c(O)cc(-c2ccccc2)oc1=O. The highest BCUT2D eigenvalue weighted by Crippen LogP contribution is 2.26. The quantitative estimate of drug-likeness (QED) is 0.559. The lowest BCUT2D eigenvalue weighted by atomic mass is 10.0. The van der Waals surface area contributed by atoms with Crippen LogP contribution in [0.15, 0.2) is 88.1 Å². The van der Waals surface area contributed by atoms with Crippen molar-refractivity contribution in [3.05, 3.63) is 94.8 Å². The third-order valence-corrected chi connectivity index (χ3v) is 4.43. The number of fused-ring (bicyclic) bond motifs is 1. The van der Waals surface area contributed by atoms with Crippen molar-refractivity contribution in [2.75, 3.05) is 5.32 Å². The van der Waals surface area contributed by atoms with Crippen LogP contribution in [0, 0.1) is 0 Å². The van der Waals surface area contributed by atoms with Crippen molar-refractivity contribution in [2.45, 2.75) is 6.42 Å². The summed E-state index contributed by atoms with van der Waals surface area (Å²) in [4.78, 5) is 24.6. The highest BCUT2D eigenvalue weighted by Gasteiger charge is 2.15. The maximum Gasteiger partial charge on any atom is 0.364 e. The zero-order valence-corrected chi connectivity index (χ0v) is 14.9.